The number of rotatable bonds is 12. The molecule has 0 aliphatic carbocycles. The Labute approximate surface area is 514 Å². The maximum absolute atomic E-state index is 6.43. The highest BCUT2D eigenvalue weighted by atomic mass is 16.7. The minimum Gasteiger partial charge on any atom is -0.399 e. The van der Waals surface area contributed by atoms with Crippen LogP contribution in [0.25, 0.3) is 101 Å². The van der Waals surface area contributed by atoms with Crippen molar-refractivity contribution in [1.82, 2.24) is 15.0 Å². The van der Waals surface area contributed by atoms with Crippen molar-refractivity contribution >= 4 is 37.7 Å². The Hall–Kier alpha value is -8.06. The van der Waals surface area contributed by atoms with Gasteiger partial charge in [0.25, 0.3) is 0 Å². The fourth-order valence-corrected chi connectivity index (χ4v) is 11.7. The summed E-state index contributed by atoms with van der Waals surface area (Å²) in [5.41, 5.74) is 18.4. The maximum Gasteiger partial charge on any atom is 0.494 e. The molecule has 3 aromatic heterocycles. The van der Waals surface area contributed by atoms with Gasteiger partial charge in [0, 0.05) is 35.3 Å². The first kappa shape index (κ1) is 58.0. The minimum atomic E-state index is -0.471. The fraction of sp³-hybridized carbons (Fsp3) is 0.240. The van der Waals surface area contributed by atoms with Gasteiger partial charge in [-0.15, -0.1) is 0 Å². The van der Waals surface area contributed by atoms with E-state index < -0.39 is 55.0 Å². The molecule has 0 bridgehead atoms. The molecule has 3 fully saturated rings. The Morgan fingerprint density at radius 2 is 0.460 bits per heavy atom. The molecule has 6 heterocycles. The summed E-state index contributed by atoms with van der Waals surface area (Å²) >= 11 is 0. The van der Waals surface area contributed by atoms with E-state index in [0.717, 1.165) is 117 Å². The van der Waals surface area contributed by atoms with Crippen molar-refractivity contribution in [3.05, 3.63) is 219 Å². The van der Waals surface area contributed by atoms with E-state index in [9.17, 15) is 0 Å². The molecular weight excluding hydrogens is 1070 g/mol. The van der Waals surface area contributed by atoms with Gasteiger partial charge in [-0.25, -0.2) is 0 Å². The second-order valence-corrected chi connectivity index (χ2v) is 26.4. The quantitative estimate of drug-likeness (QED) is 0.111. The third kappa shape index (κ3) is 11.0. The van der Waals surface area contributed by atoms with Crippen LogP contribution >= 0.6 is 0 Å². The molecule has 7 aromatic carbocycles. The summed E-state index contributed by atoms with van der Waals surface area (Å²) in [4.78, 5) is 15.3. The summed E-state index contributed by atoms with van der Waals surface area (Å²) in [5, 5.41) is 0. The lowest BCUT2D eigenvalue weighted by molar-refractivity contribution is 0.00578. The molecule has 10 aromatic rings. The lowest BCUT2D eigenvalue weighted by atomic mass is 9.78. The Morgan fingerprint density at radius 3 is 0.678 bits per heavy atom. The van der Waals surface area contributed by atoms with Gasteiger partial charge in [0.15, 0.2) is 0 Å². The maximum atomic E-state index is 6.43. The average Bonchev–Trinajstić information content (AvgIpc) is 1.96. The predicted octanol–water partition coefficient (Wildman–Crippen LogP) is 15.8. The summed E-state index contributed by atoms with van der Waals surface area (Å²) in [6, 6.07) is 70.7. The van der Waals surface area contributed by atoms with Crippen molar-refractivity contribution in [3.63, 3.8) is 0 Å². The molecule has 0 amide bonds. The van der Waals surface area contributed by atoms with E-state index in [1.165, 1.54) is 0 Å². The summed E-state index contributed by atoms with van der Waals surface area (Å²) in [7, 11) is -1.41. The Kier molecular flexibility index (Phi) is 14.6. The van der Waals surface area contributed by atoms with Gasteiger partial charge in [0.2, 0.25) is 0 Å². The van der Waals surface area contributed by atoms with Crippen LogP contribution < -0.4 is 16.4 Å². The molecule has 3 aliphatic rings. The number of hydrogen-bond acceptors (Lipinski definition) is 9. The van der Waals surface area contributed by atoms with Crippen molar-refractivity contribution in [3.8, 4) is 101 Å². The summed E-state index contributed by atoms with van der Waals surface area (Å²) in [6.45, 7) is 25.0. The van der Waals surface area contributed by atoms with Gasteiger partial charge in [-0.2, -0.15) is 0 Å². The third-order valence-electron chi connectivity index (χ3n) is 19.0. The zero-order valence-corrected chi connectivity index (χ0v) is 51.8. The first-order valence-electron chi connectivity index (χ1n) is 30.2. The van der Waals surface area contributed by atoms with Crippen molar-refractivity contribution < 1.29 is 27.9 Å². The van der Waals surface area contributed by atoms with E-state index in [-0.39, 0.29) is 0 Å². The van der Waals surface area contributed by atoms with Crippen molar-refractivity contribution in [2.45, 2.75) is 117 Å². The molecule has 12 heteroatoms. The van der Waals surface area contributed by atoms with Crippen LogP contribution in [0.1, 0.15) is 83.1 Å². The Morgan fingerprint density at radius 1 is 0.230 bits per heavy atom. The third-order valence-corrected chi connectivity index (χ3v) is 19.0. The molecule has 0 N–H and O–H groups in total. The average molecular weight is 1140 g/mol. The van der Waals surface area contributed by atoms with E-state index in [2.05, 4.69) is 265 Å². The van der Waals surface area contributed by atoms with Crippen LogP contribution in [0.3, 0.4) is 0 Å². The van der Waals surface area contributed by atoms with E-state index in [4.69, 9.17) is 42.9 Å². The van der Waals surface area contributed by atoms with E-state index in [1.807, 2.05) is 36.8 Å². The first-order chi connectivity index (χ1) is 41.5. The minimum absolute atomic E-state index is 0.444. The molecule has 0 unspecified atom stereocenters. The highest BCUT2D eigenvalue weighted by Gasteiger charge is 2.54. The van der Waals surface area contributed by atoms with Gasteiger partial charge in [-0.3, -0.25) is 15.0 Å². The fourth-order valence-electron chi connectivity index (χ4n) is 11.7. The molecule has 3 saturated heterocycles. The highest BCUT2D eigenvalue weighted by Crippen LogP contribution is 2.44. The highest BCUT2D eigenvalue weighted by molar-refractivity contribution is 6.63. The van der Waals surface area contributed by atoms with Gasteiger partial charge in [-0.1, -0.05) is 164 Å². The monoisotopic (exact) mass is 1140 g/mol. The lowest BCUT2D eigenvalue weighted by Gasteiger charge is -2.32. The van der Waals surface area contributed by atoms with Gasteiger partial charge in [0.1, 0.15) is 0 Å². The second kappa shape index (κ2) is 22.0. The topological polar surface area (TPSA) is 94.1 Å². The molecule has 0 atom stereocenters. The number of hydrogen-bond donors (Lipinski definition) is 0. The first-order valence-corrected chi connectivity index (χ1v) is 30.2. The molecule has 432 valence electrons. The zero-order valence-electron chi connectivity index (χ0n) is 51.8. The van der Waals surface area contributed by atoms with Crippen LogP contribution in [0, 0.1) is 0 Å². The number of aromatic nitrogens is 3. The number of pyridine rings is 3. The van der Waals surface area contributed by atoms with Gasteiger partial charge < -0.3 is 27.9 Å². The molecule has 0 radical (unpaired) electrons. The van der Waals surface area contributed by atoms with Crippen LogP contribution in [-0.2, 0) is 27.9 Å². The molecule has 0 saturated carbocycles. The number of nitrogens with zero attached hydrogens (tertiary/aromatic N) is 3. The summed E-state index contributed by atoms with van der Waals surface area (Å²) in [6.07, 6.45) is 5.96. The molecule has 87 heavy (non-hydrogen) atoms. The number of benzene rings is 7. The lowest BCUT2D eigenvalue weighted by Crippen LogP contribution is -2.41. The Bertz CT molecular complexity index is 3730. The molecule has 13 rings (SSSR count). The van der Waals surface area contributed by atoms with Crippen molar-refractivity contribution in [2.75, 3.05) is 0 Å². The molecule has 3 aliphatic heterocycles. The molecular formula is C75H72B3N3O6. The van der Waals surface area contributed by atoms with E-state index >= 15 is 0 Å². The SMILES string of the molecule is CC1(C)OB(c2cccc(-c3ccc(-c4ccccc4-c4cc(-c5ccccc5-c5ccc(-c6cccc(B7OC(C)(C)C(C)(C)O7)c6)nc5)cc(-c5ccccc5-c5ccc(-c6cccc(B7OC(C)(C)C(C)(C)O7)c6)nc5)c4)cn3)c2)OC1(C)C. The van der Waals surface area contributed by atoms with Gasteiger partial charge in [-0.05, 0) is 203 Å². The van der Waals surface area contributed by atoms with Crippen molar-refractivity contribution in [2.24, 2.45) is 0 Å². The predicted molar refractivity (Wildman–Crippen MR) is 356 cm³/mol. The molecule has 0 spiro atoms. The van der Waals surface area contributed by atoms with Gasteiger partial charge in [0.05, 0.1) is 50.7 Å². The van der Waals surface area contributed by atoms with Gasteiger partial charge >= 0.3 is 21.4 Å². The van der Waals surface area contributed by atoms with E-state index in [0.29, 0.717) is 0 Å². The molecule has 9 nitrogen and oxygen atoms in total. The zero-order chi connectivity index (χ0) is 60.7. The summed E-state index contributed by atoms with van der Waals surface area (Å²) < 4.78 is 38.6. The van der Waals surface area contributed by atoms with Crippen LogP contribution in [-0.4, -0.2) is 69.9 Å². The smallest absolute Gasteiger partial charge is 0.399 e. The standard InChI is InChI=1S/C75H72B3N3O6/c1-70(2)71(3,4)83-76(82-70)58-25-19-22-49(43-58)67-37-34-52(46-79-67)61-28-13-16-31-64(61)55-40-56(65-32-17-14-29-62(65)53-35-38-68(80-47-53)50-23-20-26-59(44-50)77-84-72(5,6)73(7,8)85-77)42-57(41-55)66-33-18-15-30-63(66)54-36-39-69(81-48-54)51-24-21-27-60(45-51)78-86-74(9,10)75(11,12)87-78/h13-48H,1-12H3. The van der Waals surface area contributed by atoms with Crippen LogP contribution in [0.4, 0.5) is 0 Å². The van der Waals surface area contributed by atoms with Crippen LogP contribution in [0.2, 0.25) is 0 Å². The normalized spacial score (nSPS) is 17.9. The van der Waals surface area contributed by atoms with Crippen LogP contribution in [0.15, 0.2) is 219 Å². The summed E-state index contributed by atoms with van der Waals surface area (Å²) in [5.74, 6) is 0. The largest absolute Gasteiger partial charge is 0.494 e. The van der Waals surface area contributed by atoms with E-state index in [1.54, 1.807) is 0 Å². The Balaban J connectivity index is 0.870. The second-order valence-electron chi connectivity index (χ2n) is 26.4. The van der Waals surface area contributed by atoms with Crippen LogP contribution in [0.5, 0.6) is 0 Å². The van der Waals surface area contributed by atoms with Crippen molar-refractivity contribution in [1.29, 1.82) is 0 Å².